The summed E-state index contributed by atoms with van der Waals surface area (Å²) in [5.41, 5.74) is 4.65. The van der Waals surface area contributed by atoms with E-state index in [0.29, 0.717) is 16.7 Å². The first-order valence-electron chi connectivity index (χ1n) is 8.72. The predicted octanol–water partition coefficient (Wildman–Crippen LogP) is 3.58. The van der Waals surface area contributed by atoms with E-state index in [9.17, 15) is 25.4 Å². The fraction of sp³-hybridized carbons (Fsp3) is 0.286. The molecule has 0 heterocycles. The molecule has 7 nitrogen and oxygen atoms in total. The second-order valence-electron chi connectivity index (χ2n) is 6.26. The van der Waals surface area contributed by atoms with Crippen LogP contribution in [0.3, 0.4) is 0 Å². The second kappa shape index (κ2) is 10.4. The van der Waals surface area contributed by atoms with Crippen LogP contribution in [0.1, 0.15) is 36.2 Å². The topological polar surface area (TPSA) is 113 Å². The number of phenolic OH excluding ortho intramolecular Hbond substituents is 1. The molecule has 0 radical (unpaired) electrons. The van der Waals surface area contributed by atoms with Gasteiger partial charge in [-0.05, 0) is 35.4 Å². The summed E-state index contributed by atoms with van der Waals surface area (Å²) in [6.45, 7) is 0.243. The van der Waals surface area contributed by atoms with Crippen molar-refractivity contribution < 1.29 is 25.0 Å². The summed E-state index contributed by atoms with van der Waals surface area (Å²) in [5.74, 6) is 0.0260. The standard InChI is InChI=1S/C21H23NO6/c1-28-14-15(5-4-8-20(24)18-6-2-3-7-19(18)23)13-21(25)16-9-11-17(12-10-16)22(26)27/h2-4,6-7,9-12,20-21,23-25H,8,13-14H2,1H3/t5?,20-,21-/m1/s1. The normalized spacial score (nSPS) is 12.7. The zero-order valence-corrected chi connectivity index (χ0v) is 15.5. The van der Waals surface area contributed by atoms with Crippen LogP contribution in [0.2, 0.25) is 0 Å². The van der Waals surface area contributed by atoms with Gasteiger partial charge in [-0.15, -0.1) is 5.73 Å². The number of para-hydroxylation sites is 1. The minimum absolute atomic E-state index is 0.0260. The van der Waals surface area contributed by atoms with Crippen molar-refractivity contribution in [1.82, 2.24) is 0 Å². The van der Waals surface area contributed by atoms with Crippen molar-refractivity contribution in [2.75, 3.05) is 13.7 Å². The summed E-state index contributed by atoms with van der Waals surface area (Å²) in [6, 6.07) is 12.3. The molecule has 2 aromatic rings. The van der Waals surface area contributed by atoms with Gasteiger partial charge in [-0.25, -0.2) is 0 Å². The summed E-state index contributed by atoms with van der Waals surface area (Å²) in [5, 5.41) is 41.1. The lowest BCUT2D eigenvalue weighted by Crippen LogP contribution is -2.03. The average molecular weight is 385 g/mol. The van der Waals surface area contributed by atoms with E-state index in [-0.39, 0.29) is 30.9 Å². The van der Waals surface area contributed by atoms with Crippen molar-refractivity contribution in [3.8, 4) is 5.75 Å². The van der Waals surface area contributed by atoms with Gasteiger partial charge in [0.25, 0.3) is 5.69 Å². The van der Waals surface area contributed by atoms with Gasteiger partial charge >= 0.3 is 0 Å². The van der Waals surface area contributed by atoms with Gasteiger partial charge in [-0.1, -0.05) is 18.2 Å². The van der Waals surface area contributed by atoms with E-state index in [1.165, 1.54) is 37.4 Å². The molecule has 0 amide bonds. The number of nitro benzene ring substituents is 1. The van der Waals surface area contributed by atoms with E-state index in [2.05, 4.69) is 5.73 Å². The number of non-ortho nitro benzene ring substituents is 1. The molecule has 0 spiro atoms. The zero-order chi connectivity index (χ0) is 20.5. The third kappa shape index (κ3) is 6.04. The monoisotopic (exact) mass is 385 g/mol. The van der Waals surface area contributed by atoms with Gasteiger partial charge < -0.3 is 20.1 Å². The van der Waals surface area contributed by atoms with Crippen molar-refractivity contribution >= 4 is 5.69 Å². The number of nitro groups is 1. The lowest BCUT2D eigenvalue weighted by molar-refractivity contribution is -0.384. The highest BCUT2D eigenvalue weighted by atomic mass is 16.6. The Morgan fingerprint density at radius 2 is 1.86 bits per heavy atom. The van der Waals surface area contributed by atoms with Crippen molar-refractivity contribution in [2.45, 2.75) is 25.0 Å². The van der Waals surface area contributed by atoms with Crippen molar-refractivity contribution in [1.29, 1.82) is 0 Å². The molecule has 0 bridgehead atoms. The molecular weight excluding hydrogens is 362 g/mol. The van der Waals surface area contributed by atoms with Crippen LogP contribution in [-0.4, -0.2) is 34.0 Å². The maximum Gasteiger partial charge on any atom is 0.269 e. The van der Waals surface area contributed by atoms with Crippen molar-refractivity contribution in [2.24, 2.45) is 0 Å². The van der Waals surface area contributed by atoms with E-state index >= 15 is 0 Å². The predicted molar refractivity (Wildman–Crippen MR) is 104 cm³/mol. The molecule has 0 saturated heterocycles. The van der Waals surface area contributed by atoms with Crippen LogP contribution in [0.25, 0.3) is 0 Å². The minimum atomic E-state index is -0.878. The number of nitrogens with zero attached hydrogens (tertiary/aromatic N) is 1. The van der Waals surface area contributed by atoms with Crippen molar-refractivity contribution in [3.63, 3.8) is 0 Å². The quantitative estimate of drug-likeness (QED) is 0.345. The fourth-order valence-electron chi connectivity index (χ4n) is 2.71. The van der Waals surface area contributed by atoms with E-state index in [0.717, 1.165) is 0 Å². The number of aliphatic hydroxyl groups is 2. The highest BCUT2D eigenvalue weighted by Crippen LogP contribution is 2.26. The molecule has 3 N–H and O–H groups in total. The third-order valence-corrected chi connectivity index (χ3v) is 4.19. The molecule has 28 heavy (non-hydrogen) atoms. The van der Waals surface area contributed by atoms with Crippen LogP contribution in [0.4, 0.5) is 5.69 Å². The third-order valence-electron chi connectivity index (χ3n) is 4.19. The van der Waals surface area contributed by atoms with E-state index < -0.39 is 17.1 Å². The summed E-state index contributed by atoms with van der Waals surface area (Å²) < 4.78 is 5.13. The molecule has 2 aromatic carbocycles. The number of rotatable bonds is 9. The van der Waals surface area contributed by atoms with Crippen LogP contribution >= 0.6 is 0 Å². The number of ether oxygens (including phenoxy) is 1. The zero-order valence-electron chi connectivity index (χ0n) is 15.5. The average Bonchev–Trinajstić information content (AvgIpc) is 2.68. The Bertz CT molecular complexity index is 855. The maximum atomic E-state index is 10.7. The molecular formula is C21H23NO6. The first-order chi connectivity index (χ1) is 13.4. The Morgan fingerprint density at radius 1 is 1.18 bits per heavy atom. The molecule has 7 heteroatoms. The van der Waals surface area contributed by atoms with Gasteiger partial charge in [0.15, 0.2) is 0 Å². The van der Waals surface area contributed by atoms with Gasteiger partial charge in [-0.2, -0.15) is 0 Å². The van der Waals surface area contributed by atoms with E-state index in [1.807, 2.05) is 0 Å². The number of methoxy groups -OCH3 is 1. The second-order valence-corrected chi connectivity index (χ2v) is 6.26. The highest BCUT2D eigenvalue weighted by molar-refractivity contribution is 5.35. The van der Waals surface area contributed by atoms with Crippen LogP contribution < -0.4 is 0 Å². The molecule has 0 aliphatic carbocycles. The van der Waals surface area contributed by atoms with E-state index in [1.54, 1.807) is 24.3 Å². The number of aliphatic hydroxyl groups excluding tert-OH is 2. The van der Waals surface area contributed by atoms with Gasteiger partial charge in [0, 0.05) is 37.6 Å². The minimum Gasteiger partial charge on any atom is -0.508 e. The fourth-order valence-corrected chi connectivity index (χ4v) is 2.71. The summed E-state index contributed by atoms with van der Waals surface area (Å²) >= 11 is 0. The lowest BCUT2D eigenvalue weighted by atomic mass is 10.0. The number of hydrogen-bond donors (Lipinski definition) is 3. The van der Waals surface area contributed by atoms with Gasteiger partial charge in [0.05, 0.1) is 23.7 Å². The smallest absolute Gasteiger partial charge is 0.269 e. The maximum absolute atomic E-state index is 10.7. The molecule has 2 atom stereocenters. The molecule has 0 aromatic heterocycles. The summed E-state index contributed by atoms with van der Waals surface area (Å²) in [6.07, 6.45) is 0.355. The lowest BCUT2D eigenvalue weighted by Gasteiger charge is -2.12. The van der Waals surface area contributed by atoms with Crippen molar-refractivity contribution in [3.05, 3.63) is 87.2 Å². The highest BCUT2D eigenvalue weighted by Gasteiger charge is 2.13. The number of benzene rings is 2. The summed E-state index contributed by atoms with van der Waals surface area (Å²) in [7, 11) is 1.52. The largest absolute Gasteiger partial charge is 0.508 e. The molecule has 2 rings (SSSR count). The molecule has 0 aliphatic rings. The van der Waals surface area contributed by atoms with Gasteiger partial charge in [-0.3, -0.25) is 10.1 Å². The number of phenols is 1. The first-order valence-corrected chi connectivity index (χ1v) is 8.72. The Kier molecular flexibility index (Phi) is 7.92. The van der Waals surface area contributed by atoms with Crippen LogP contribution in [0.5, 0.6) is 5.75 Å². The Balaban J connectivity index is 2.07. The molecule has 0 saturated carbocycles. The Morgan fingerprint density at radius 3 is 2.46 bits per heavy atom. The van der Waals surface area contributed by atoms with Crippen LogP contribution in [0.15, 0.2) is 65.9 Å². The first kappa shape index (κ1) is 21.3. The van der Waals surface area contributed by atoms with E-state index in [4.69, 9.17) is 4.74 Å². The number of hydrogen-bond acceptors (Lipinski definition) is 6. The molecule has 0 fully saturated rings. The molecule has 0 unspecified atom stereocenters. The SMILES string of the molecule is COCC(=C=CC[C@@H](O)c1ccccc1O)C[C@@H](O)c1ccc([N+](=O)[O-])cc1. The Hall–Kier alpha value is -2.96. The van der Waals surface area contributed by atoms with Gasteiger partial charge in [0.2, 0.25) is 0 Å². The molecule has 148 valence electrons. The Labute approximate surface area is 163 Å². The van der Waals surface area contributed by atoms with Crippen LogP contribution in [-0.2, 0) is 4.74 Å². The summed E-state index contributed by atoms with van der Waals surface area (Å²) in [4.78, 5) is 10.2. The van der Waals surface area contributed by atoms with Crippen LogP contribution in [0, 0.1) is 10.1 Å². The number of aromatic hydroxyl groups is 1. The van der Waals surface area contributed by atoms with Gasteiger partial charge in [0.1, 0.15) is 5.75 Å². The molecule has 0 aliphatic heterocycles.